The van der Waals surface area contributed by atoms with Crippen molar-refractivity contribution < 1.29 is 9.32 Å². The van der Waals surface area contributed by atoms with Crippen molar-refractivity contribution in [3.8, 4) is 0 Å². The largest absolute Gasteiger partial charge is 0.338 e. The molecule has 0 bridgehead atoms. The number of carbonyl (C=O) groups is 1. The van der Waals surface area contributed by atoms with Crippen LogP contribution in [0.4, 0.5) is 5.69 Å². The fraction of sp³-hybridized carbons (Fsp3) is 0.357. The van der Waals surface area contributed by atoms with Gasteiger partial charge in [-0.15, -0.1) is 12.4 Å². The molecular formula is C14H18Cl3N5O2. The molecule has 3 N–H and O–H groups in total. The van der Waals surface area contributed by atoms with E-state index in [0.717, 1.165) is 0 Å². The molecule has 24 heavy (non-hydrogen) atoms. The number of carbonyl (C=O) groups excluding carboxylic acids is 1. The Morgan fingerprint density at radius 2 is 2.04 bits per heavy atom. The Kier molecular flexibility index (Phi) is 8.44. The first kappa shape index (κ1) is 20.7. The molecule has 0 saturated carbocycles. The van der Waals surface area contributed by atoms with Crippen molar-refractivity contribution in [3.05, 3.63) is 40.0 Å². The fourth-order valence-electron chi connectivity index (χ4n) is 1.92. The molecule has 0 unspecified atom stereocenters. The monoisotopic (exact) mass is 393 g/mol. The van der Waals surface area contributed by atoms with Gasteiger partial charge in [-0.05, 0) is 18.7 Å². The summed E-state index contributed by atoms with van der Waals surface area (Å²) in [5.74, 6) is 0.614. The van der Waals surface area contributed by atoms with E-state index in [1.165, 1.54) is 0 Å². The third-order valence-corrected chi connectivity index (χ3v) is 3.72. The van der Waals surface area contributed by atoms with Gasteiger partial charge in [-0.2, -0.15) is 4.98 Å². The van der Waals surface area contributed by atoms with E-state index in [-0.39, 0.29) is 31.4 Å². The van der Waals surface area contributed by atoms with Gasteiger partial charge < -0.3 is 15.6 Å². The standard InChI is InChI=1S/C14H17Cl2N5O2.ClH/c1-2-21(7-11-18-13(6-17)23-20-11)8-12(22)19-14-9(15)4-3-5-10(14)16;/h3-5H,2,6-8,17H2,1H3,(H,19,22);1H. The molecule has 0 fully saturated rings. The number of nitrogens with two attached hydrogens (primary N) is 1. The van der Waals surface area contributed by atoms with E-state index in [2.05, 4.69) is 15.5 Å². The van der Waals surface area contributed by atoms with E-state index in [1.807, 2.05) is 11.8 Å². The Bertz CT molecular complexity index is 660. The summed E-state index contributed by atoms with van der Waals surface area (Å²) >= 11 is 12.1. The van der Waals surface area contributed by atoms with Gasteiger partial charge in [-0.1, -0.05) is 41.3 Å². The topological polar surface area (TPSA) is 97.3 Å². The zero-order valence-corrected chi connectivity index (χ0v) is 15.3. The Morgan fingerprint density at radius 1 is 1.38 bits per heavy atom. The number of hydrogen-bond acceptors (Lipinski definition) is 6. The molecule has 0 aliphatic carbocycles. The van der Waals surface area contributed by atoms with Crippen LogP contribution in [0.3, 0.4) is 0 Å². The van der Waals surface area contributed by atoms with Crippen LogP contribution in [-0.2, 0) is 17.9 Å². The molecule has 1 aromatic heterocycles. The molecule has 10 heteroatoms. The molecule has 132 valence electrons. The van der Waals surface area contributed by atoms with Crippen molar-refractivity contribution >= 4 is 47.2 Å². The predicted molar refractivity (Wildman–Crippen MR) is 95.5 cm³/mol. The zero-order valence-electron chi connectivity index (χ0n) is 13.0. The molecule has 0 spiro atoms. The number of halogens is 3. The summed E-state index contributed by atoms with van der Waals surface area (Å²) in [5, 5.41) is 7.31. The predicted octanol–water partition coefficient (Wildman–Crippen LogP) is 2.72. The highest BCUT2D eigenvalue weighted by Gasteiger charge is 2.15. The number of hydrogen-bond donors (Lipinski definition) is 2. The number of rotatable bonds is 7. The summed E-state index contributed by atoms with van der Waals surface area (Å²) in [4.78, 5) is 18.2. The van der Waals surface area contributed by atoms with Crippen molar-refractivity contribution in [2.75, 3.05) is 18.4 Å². The Labute approximate surface area is 155 Å². The van der Waals surface area contributed by atoms with Crippen molar-refractivity contribution in [1.29, 1.82) is 0 Å². The summed E-state index contributed by atoms with van der Waals surface area (Å²) in [6.45, 7) is 3.27. The summed E-state index contributed by atoms with van der Waals surface area (Å²) in [7, 11) is 0. The number of amides is 1. The van der Waals surface area contributed by atoms with Gasteiger partial charge in [-0.3, -0.25) is 9.69 Å². The van der Waals surface area contributed by atoms with Crippen LogP contribution < -0.4 is 11.1 Å². The molecule has 0 saturated heterocycles. The summed E-state index contributed by atoms with van der Waals surface area (Å²) in [6, 6.07) is 5.03. The van der Waals surface area contributed by atoms with Crippen LogP contribution in [0.1, 0.15) is 18.6 Å². The van der Waals surface area contributed by atoms with Crippen LogP contribution in [0.15, 0.2) is 22.7 Å². The van der Waals surface area contributed by atoms with Gasteiger partial charge in [-0.25, -0.2) is 0 Å². The molecule has 7 nitrogen and oxygen atoms in total. The third-order valence-electron chi connectivity index (χ3n) is 3.09. The molecule has 2 aromatic rings. The van der Waals surface area contributed by atoms with Crippen LogP contribution in [0.25, 0.3) is 0 Å². The van der Waals surface area contributed by atoms with Gasteiger partial charge in [0.05, 0.1) is 35.4 Å². The number of anilines is 1. The smallest absolute Gasteiger partial charge is 0.240 e. The molecule has 1 amide bonds. The van der Waals surface area contributed by atoms with Gasteiger partial charge in [0.2, 0.25) is 11.8 Å². The average Bonchev–Trinajstić information content (AvgIpc) is 2.98. The first-order chi connectivity index (χ1) is 11.0. The van der Waals surface area contributed by atoms with Crippen LogP contribution in [0.2, 0.25) is 10.0 Å². The van der Waals surface area contributed by atoms with Gasteiger partial charge in [0.1, 0.15) is 0 Å². The van der Waals surface area contributed by atoms with Crippen molar-refractivity contribution in [2.45, 2.75) is 20.0 Å². The van der Waals surface area contributed by atoms with Gasteiger partial charge in [0, 0.05) is 0 Å². The van der Waals surface area contributed by atoms with Crippen molar-refractivity contribution in [2.24, 2.45) is 5.73 Å². The number of benzene rings is 1. The molecule has 1 aromatic carbocycles. The van der Waals surface area contributed by atoms with Gasteiger partial charge in [0.15, 0.2) is 5.82 Å². The Balaban J connectivity index is 0.00000288. The quantitative estimate of drug-likeness (QED) is 0.749. The second-order valence-corrected chi connectivity index (χ2v) is 5.57. The SMILES string of the molecule is CCN(CC(=O)Nc1c(Cl)cccc1Cl)Cc1noc(CN)n1.Cl. The van der Waals surface area contributed by atoms with E-state index in [1.54, 1.807) is 18.2 Å². The van der Waals surface area contributed by atoms with E-state index >= 15 is 0 Å². The minimum absolute atomic E-state index is 0. The second kappa shape index (κ2) is 9.80. The van der Waals surface area contributed by atoms with Crippen LogP contribution in [0, 0.1) is 0 Å². The van der Waals surface area contributed by atoms with E-state index in [0.29, 0.717) is 40.5 Å². The highest BCUT2D eigenvalue weighted by atomic mass is 35.5. The maximum Gasteiger partial charge on any atom is 0.240 e. The molecule has 0 atom stereocenters. The highest BCUT2D eigenvalue weighted by molar-refractivity contribution is 6.39. The summed E-state index contributed by atoms with van der Waals surface area (Å²) in [5.41, 5.74) is 5.83. The van der Waals surface area contributed by atoms with E-state index in [9.17, 15) is 4.79 Å². The number of aromatic nitrogens is 2. The number of nitrogens with zero attached hydrogens (tertiary/aromatic N) is 3. The fourth-order valence-corrected chi connectivity index (χ4v) is 2.41. The Hall–Kier alpha value is -1.38. The first-order valence-electron chi connectivity index (χ1n) is 7.01. The summed E-state index contributed by atoms with van der Waals surface area (Å²) < 4.78 is 4.94. The minimum Gasteiger partial charge on any atom is -0.338 e. The lowest BCUT2D eigenvalue weighted by Crippen LogP contribution is -2.33. The number of likely N-dealkylation sites (N-methyl/N-ethyl adjacent to an activating group) is 1. The molecule has 2 rings (SSSR count). The molecule has 0 aliphatic rings. The highest BCUT2D eigenvalue weighted by Crippen LogP contribution is 2.29. The molecule has 1 heterocycles. The lowest BCUT2D eigenvalue weighted by Gasteiger charge is -2.18. The normalized spacial score (nSPS) is 10.5. The maximum absolute atomic E-state index is 12.2. The molecule has 0 aliphatic heterocycles. The van der Waals surface area contributed by atoms with E-state index < -0.39 is 0 Å². The van der Waals surface area contributed by atoms with Crippen LogP contribution in [0.5, 0.6) is 0 Å². The number of para-hydroxylation sites is 1. The first-order valence-corrected chi connectivity index (χ1v) is 7.76. The van der Waals surface area contributed by atoms with E-state index in [4.69, 9.17) is 33.5 Å². The van der Waals surface area contributed by atoms with Gasteiger partial charge >= 0.3 is 0 Å². The third kappa shape index (κ3) is 5.61. The van der Waals surface area contributed by atoms with Crippen molar-refractivity contribution in [3.63, 3.8) is 0 Å². The summed E-state index contributed by atoms with van der Waals surface area (Å²) in [6.07, 6.45) is 0. The molecule has 0 radical (unpaired) electrons. The van der Waals surface area contributed by atoms with Crippen LogP contribution >= 0.6 is 35.6 Å². The minimum atomic E-state index is -0.232. The molecular weight excluding hydrogens is 377 g/mol. The van der Waals surface area contributed by atoms with Gasteiger partial charge in [0.25, 0.3) is 0 Å². The van der Waals surface area contributed by atoms with Crippen LogP contribution in [-0.4, -0.2) is 34.0 Å². The average molecular weight is 395 g/mol. The lowest BCUT2D eigenvalue weighted by atomic mass is 10.3. The van der Waals surface area contributed by atoms with Crippen molar-refractivity contribution in [1.82, 2.24) is 15.0 Å². The Morgan fingerprint density at radius 3 is 2.58 bits per heavy atom. The zero-order chi connectivity index (χ0) is 16.8. The lowest BCUT2D eigenvalue weighted by molar-refractivity contribution is -0.117. The second-order valence-electron chi connectivity index (χ2n) is 4.76. The maximum atomic E-state index is 12.2. The number of nitrogens with one attached hydrogen (secondary N) is 1.